The lowest BCUT2D eigenvalue weighted by atomic mass is 10.1. The number of imide groups is 2. The molecule has 1 fully saturated rings. The van der Waals surface area contributed by atoms with Crippen LogP contribution in [-0.2, 0) is 16.2 Å². The number of hydrogen-bond acceptors (Lipinski definition) is 6. The molecule has 8 nitrogen and oxygen atoms in total. The van der Waals surface area contributed by atoms with Gasteiger partial charge in [-0.2, -0.15) is 0 Å². The number of halogens is 3. The molecule has 3 aromatic carbocycles. The van der Waals surface area contributed by atoms with Crippen molar-refractivity contribution in [3.63, 3.8) is 0 Å². The van der Waals surface area contributed by atoms with Gasteiger partial charge < -0.3 is 14.2 Å². The molecule has 3 aromatic rings. The summed E-state index contributed by atoms with van der Waals surface area (Å²) in [5.41, 5.74) is 1.13. The summed E-state index contributed by atoms with van der Waals surface area (Å²) in [7, 11) is 0. The minimum atomic E-state index is -0.871. The Labute approximate surface area is 220 Å². The maximum atomic E-state index is 13.4. The Balaban J connectivity index is 1.41. The molecule has 2 heterocycles. The van der Waals surface area contributed by atoms with E-state index >= 15 is 0 Å². The topological polar surface area (TPSA) is 94.2 Å². The van der Waals surface area contributed by atoms with Gasteiger partial charge in [0.05, 0.1) is 14.6 Å². The highest BCUT2D eigenvalue weighted by Gasteiger charge is 2.37. The number of anilines is 1. The molecule has 2 aliphatic heterocycles. The lowest BCUT2D eigenvalue weighted by Crippen LogP contribution is -2.54. The Morgan fingerprint density at radius 3 is 2.50 bits per heavy atom. The third kappa shape index (κ3) is 4.71. The standard InChI is InChI=1S/C25H15Br2FN2O6/c26-18-8-14(9-19(27)22(18)34-11-13-2-1-3-15(28)6-13)7-17-23(31)29-25(33)30(24(17)32)16-4-5-20-21(10-16)36-12-35-20/h1-10H,11-12H2,(H,29,31,33)/b17-7+. The summed E-state index contributed by atoms with van der Waals surface area (Å²) in [5, 5.41) is 2.19. The molecule has 4 amide bonds. The van der Waals surface area contributed by atoms with Crippen LogP contribution in [0.15, 0.2) is 69.1 Å². The van der Waals surface area contributed by atoms with E-state index in [9.17, 15) is 18.8 Å². The minimum absolute atomic E-state index is 0.0360. The normalized spacial score (nSPS) is 15.9. The SMILES string of the molecule is O=C1NC(=O)N(c2ccc3c(c2)OCO3)C(=O)/C1=C/c1cc(Br)c(OCc2cccc(F)c2)c(Br)c1. The highest BCUT2D eigenvalue weighted by atomic mass is 79.9. The highest BCUT2D eigenvalue weighted by Crippen LogP contribution is 2.38. The lowest BCUT2D eigenvalue weighted by molar-refractivity contribution is -0.122. The minimum Gasteiger partial charge on any atom is -0.487 e. The summed E-state index contributed by atoms with van der Waals surface area (Å²) in [4.78, 5) is 39.1. The van der Waals surface area contributed by atoms with Crippen molar-refractivity contribution in [2.45, 2.75) is 6.61 Å². The highest BCUT2D eigenvalue weighted by molar-refractivity contribution is 9.11. The van der Waals surface area contributed by atoms with Crippen LogP contribution in [0, 0.1) is 5.82 Å². The predicted octanol–water partition coefficient (Wildman–Crippen LogP) is 5.32. The van der Waals surface area contributed by atoms with Gasteiger partial charge in [0.15, 0.2) is 11.5 Å². The number of hydrogen-bond donors (Lipinski definition) is 1. The smallest absolute Gasteiger partial charge is 0.335 e. The van der Waals surface area contributed by atoms with Gasteiger partial charge in [-0.15, -0.1) is 0 Å². The number of amides is 4. The molecular formula is C25H15Br2FN2O6. The Morgan fingerprint density at radius 1 is 1.00 bits per heavy atom. The lowest BCUT2D eigenvalue weighted by Gasteiger charge is -2.26. The van der Waals surface area contributed by atoms with Gasteiger partial charge in [-0.3, -0.25) is 14.9 Å². The van der Waals surface area contributed by atoms with Crippen LogP contribution >= 0.6 is 31.9 Å². The zero-order valence-corrected chi connectivity index (χ0v) is 21.4. The zero-order chi connectivity index (χ0) is 25.4. The third-order valence-electron chi connectivity index (χ3n) is 5.32. The first-order valence-corrected chi connectivity index (χ1v) is 12.1. The Kier molecular flexibility index (Phi) is 6.50. The molecule has 2 aliphatic rings. The van der Waals surface area contributed by atoms with Crippen molar-refractivity contribution in [1.29, 1.82) is 0 Å². The van der Waals surface area contributed by atoms with Gasteiger partial charge in [-0.25, -0.2) is 14.1 Å². The average Bonchev–Trinajstić information content (AvgIpc) is 3.29. The number of nitrogens with zero attached hydrogens (tertiary/aromatic N) is 1. The van der Waals surface area contributed by atoms with Crippen LogP contribution in [0.1, 0.15) is 11.1 Å². The van der Waals surface area contributed by atoms with E-state index in [1.807, 2.05) is 0 Å². The first-order valence-electron chi connectivity index (χ1n) is 10.5. The van der Waals surface area contributed by atoms with Crippen molar-refractivity contribution in [1.82, 2.24) is 5.32 Å². The zero-order valence-electron chi connectivity index (χ0n) is 18.2. The van der Waals surface area contributed by atoms with E-state index in [0.29, 0.717) is 37.3 Å². The summed E-state index contributed by atoms with van der Waals surface area (Å²) in [5.74, 6) is -0.637. The molecule has 1 saturated heterocycles. The summed E-state index contributed by atoms with van der Waals surface area (Å²) >= 11 is 6.87. The van der Waals surface area contributed by atoms with Gasteiger partial charge in [-0.1, -0.05) is 12.1 Å². The van der Waals surface area contributed by atoms with Crippen LogP contribution in [0.4, 0.5) is 14.9 Å². The fourth-order valence-corrected chi connectivity index (χ4v) is 5.12. The predicted molar refractivity (Wildman–Crippen MR) is 134 cm³/mol. The quantitative estimate of drug-likeness (QED) is 0.307. The van der Waals surface area contributed by atoms with E-state index in [-0.39, 0.29) is 30.5 Å². The van der Waals surface area contributed by atoms with Gasteiger partial charge in [0.25, 0.3) is 11.8 Å². The van der Waals surface area contributed by atoms with Gasteiger partial charge >= 0.3 is 6.03 Å². The van der Waals surface area contributed by atoms with E-state index in [4.69, 9.17) is 14.2 Å². The number of rotatable bonds is 5. The number of carbonyl (C=O) groups excluding carboxylic acids is 3. The summed E-state index contributed by atoms with van der Waals surface area (Å²) in [6, 6.07) is 13.1. The van der Waals surface area contributed by atoms with Crippen LogP contribution in [-0.4, -0.2) is 24.6 Å². The van der Waals surface area contributed by atoms with Gasteiger partial charge in [0.2, 0.25) is 6.79 Å². The number of benzene rings is 3. The average molecular weight is 618 g/mol. The molecule has 182 valence electrons. The summed E-state index contributed by atoms with van der Waals surface area (Å²) < 4.78 is 30.9. The van der Waals surface area contributed by atoms with Crippen molar-refractivity contribution >= 4 is 61.5 Å². The maximum absolute atomic E-state index is 13.4. The third-order valence-corrected chi connectivity index (χ3v) is 6.50. The van der Waals surface area contributed by atoms with Gasteiger partial charge in [0.1, 0.15) is 23.7 Å². The van der Waals surface area contributed by atoms with E-state index in [2.05, 4.69) is 37.2 Å². The van der Waals surface area contributed by atoms with Crippen LogP contribution in [0.5, 0.6) is 17.2 Å². The van der Waals surface area contributed by atoms with Crippen LogP contribution < -0.4 is 24.4 Å². The van der Waals surface area contributed by atoms with Crippen molar-refractivity contribution in [3.05, 3.63) is 86.1 Å². The first-order chi connectivity index (χ1) is 17.3. The molecule has 11 heteroatoms. The molecule has 0 radical (unpaired) electrons. The van der Waals surface area contributed by atoms with E-state index in [1.54, 1.807) is 30.3 Å². The Hall–Kier alpha value is -3.70. The first kappa shape index (κ1) is 24.0. The van der Waals surface area contributed by atoms with E-state index in [0.717, 1.165) is 4.90 Å². The number of barbiturate groups is 1. The number of nitrogens with one attached hydrogen (secondary N) is 1. The molecule has 0 unspecified atom stereocenters. The largest absolute Gasteiger partial charge is 0.487 e. The molecule has 0 atom stereocenters. The fourth-order valence-electron chi connectivity index (χ4n) is 3.67. The van der Waals surface area contributed by atoms with Crippen LogP contribution in [0.3, 0.4) is 0 Å². The molecule has 0 saturated carbocycles. The van der Waals surface area contributed by atoms with Crippen molar-refractivity contribution < 1.29 is 33.0 Å². The van der Waals surface area contributed by atoms with Crippen molar-refractivity contribution in [2.24, 2.45) is 0 Å². The van der Waals surface area contributed by atoms with Crippen molar-refractivity contribution in [2.75, 3.05) is 11.7 Å². The second kappa shape index (κ2) is 9.75. The van der Waals surface area contributed by atoms with E-state index < -0.39 is 17.8 Å². The Morgan fingerprint density at radius 2 is 1.75 bits per heavy atom. The molecule has 0 aliphatic carbocycles. The summed E-state index contributed by atoms with van der Waals surface area (Å²) in [6.45, 7) is 0.164. The van der Waals surface area contributed by atoms with Crippen LogP contribution in [0.2, 0.25) is 0 Å². The van der Waals surface area contributed by atoms with E-state index in [1.165, 1.54) is 30.3 Å². The molecule has 0 spiro atoms. The van der Waals surface area contributed by atoms with Gasteiger partial charge in [0, 0.05) is 6.07 Å². The number of ether oxygens (including phenoxy) is 3. The van der Waals surface area contributed by atoms with Crippen molar-refractivity contribution in [3.8, 4) is 17.2 Å². The molecule has 5 rings (SSSR count). The molecule has 0 bridgehead atoms. The Bertz CT molecular complexity index is 1440. The monoisotopic (exact) mass is 616 g/mol. The maximum Gasteiger partial charge on any atom is 0.335 e. The molecule has 36 heavy (non-hydrogen) atoms. The number of carbonyl (C=O) groups is 3. The molecule has 0 aromatic heterocycles. The van der Waals surface area contributed by atoms with Gasteiger partial charge in [-0.05, 0) is 85.5 Å². The fraction of sp³-hybridized carbons (Fsp3) is 0.0800. The molecular weight excluding hydrogens is 603 g/mol. The second-order valence-electron chi connectivity index (χ2n) is 7.73. The van der Waals surface area contributed by atoms with Crippen LogP contribution in [0.25, 0.3) is 6.08 Å². The number of urea groups is 1. The number of fused-ring (bicyclic) bond motifs is 1. The molecule has 1 N–H and O–H groups in total. The summed E-state index contributed by atoms with van der Waals surface area (Å²) in [6.07, 6.45) is 1.37. The second-order valence-corrected chi connectivity index (χ2v) is 9.44.